The van der Waals surface area contributed by atoms with Crippen LogP contribution in [0.5, 0.6) is 11.5 Å². The van der Waals surface area contributed by atoms with E-state index < -0.39 is 0 Å². The molecule has 4 heteroatoms. The molecule has 1 aliphatic rings. The maximum atomic E-state index is 5.40. The van der Waals surface area contributed by atoms with E-state index in [1.807, 2.05) is 42.5 Å². The zero-order valence-corrected chi connectivity index (χ0v) is 14.6. The molecule has 1 aliphatic carbocycles. The molecule has 0 bridgehead atoms. The number of hydrogen-bond acceptors (Lipinski definition) is 4. The molecule has 0 unspecified atom stereocenters. The summed E-state index contributed by atoms with van der Waals surface area (Å²) in [6, 6.07) is 22.1. The van der Waals surface area contributed by atoms with Crippen LogP contribution in [0.4, 0.5) is 0 Å². The van der Waals surface area contributed by atoms with Crippen LogP contribution in [0.1, 0.15) is 16.7 Å². The minimum Gasteiger partial charge on any atom is -0.497 e. The van der Waals surface area contributed by atoms with Gasteiger partial charge in [-0.25, -0.2) is 0 Å². The first-order chi connectivity index (χ1) is 12.8. The second kappa shape index (κ2) is 6.84. The van der Waals surface area contributed by atoms with Gasteiger partial charge in [-0.15, -0.1) is 5.10 Å². The minimum atomic E-state index is 0.695. The first-order valence-corrected chi connectivity index (χ1v) is 8.34. The summed E-state index contributed by atoms with van der Waals surface area (Å²) in [5.41, 5.74) is 6.33. The summed E-state index contributed by atoms with van der Waals surface area (Å²) in [6.07, 6.45) is 1.70. The summed E-state index contributed by atoms with van der Waals surface area (Å²) in [4.78, 5) is 0. The van der Waals surface area contributed by atoms with E-state index in [-0.39, 0.29) is 0 Å². The molecule has 4 rings (SSSR count). The minimum absolute atomic E-state index is 0.695. The van der Waals surface area contributed by atoms with Gasteiger partial charge in [-0.1, -0.05) is 48.5 Å². The van der Waals surface area contributed by atoms with Crippen LogP contribution in [0.15, 0.2) is 76.9 Å². The lowest BCUT2D eigenvalue weighted by molar-refractivity contribution is 0.394. The molecule has 0 saturated heterocycles. The van der Waals surface area contributed by atoms with Crippen LogP contribution in [0, 0.1) is 0 Å². The fraction of sp³-hybridized carbons (Fsp3) is 0.0909. The number of fused-ring (bicyclic) bond motifs is 3. The van der Waals surface area contributed by atoms with Crippen molar-refractivity contribution in [3.05, 3.63) is 83.4 Å². The molecule has 0 saturated carbocycles. The van der Waals surface area contributed by atoms with Gasteiger partial charge < -0.3 is 9.47 Å². The highest BCUT2D eigenvalue weighted by Crippen LogP contribution is 2.36. The molecule has 0 fully saturated rings. The molecule has 0 N–H and O–H groups in total. The highest BCUT2D eigenvalue weighted by atomic mass is 16.5. The predicted molar refractivity (Wildman–Crippen MR) is 105 cm³/mol. The average molecular weight is 342 g/mol. The van der Waals surface area contributed by atoms with E-state index in [1.165, 1.54) is 11.1 Å². The molecule has 3 aromatic carbocycles. The normalized spacial score (nSPS) is 12.0. The standard InChI is InChI=1S/C22H18N2O2/c1-25-16-12-11-15(21(13-16)26-2)14-23-24-22-19-9-5-3-7-17(19)18-8-4-6-10-20(18)22/h3-14H,1-2H3/b23-14-. The fourth-order valence-electron chi connectivity index (χ4n) is 3.18. The quantitative estimate of drug-likeness (QED) is 0.403. The maximum absolute atomic E-state index is 5.40. The van der Waals surface area contributed by atoms with E-state index in [0.717, 1.165) is 28.2 Å². The van der Waals surface area contributed by atoms with Crippen LogP contribution in [-0.4, -0.2) is 26.1 Å². The average Bonchev–Trinajstić information content (AvgIpc) is 3.02. The Kier molecular flexibility index (Phi) is 4.23. The molecule has 0 heterocycles. The van der Waals surface area contributed by atoms with Gasteiger partial charge >= 0.3 is 0 Å². The topological polar surface area (TPSA) is 43.2 Å². The number of rotatable bonds is 4. The summed E-state index contributed by atoms with van der Waals surface area (Å²) < 4.78 is 10.6. The van der Waals surface area contributed by atoms with Gasteiger partial charge in [-0.2, -0.15) is 5.10 Å². The zero-order valence-electron chi connectivity index (χ0n) is 14.6. The van der Waals surface area contributed by atoms with Crippen molar-refractivity contribution >= 4 is 11.9 Å². The van der Waals surface area contributed by atoms with Crippen LogP contribution in [-0.2, 0) is 0 Å². The van der Waals surface area contributed by atoms with Crippen molar-refractivity contribution in [1.82, 2.24) is 0 Å². The molecular formula is C22H18N2O2. The first-order valence-electron chi connectivity index (χ1n) is 8.34. The second-order valence-electron chi connectivity index (χ2n) is 5.89. The molecule has 0 atom stereocenters. The van der Waals surface area contributed by atoms with Gasteiger partial charge in [-0.05, 0) is 23.3 Å². The van der Waals surface area contributed by atoms with Crippen molar-refractivity contribution in [2.45, 2.75) is 0 Å². The van der Waals surface area contributed by atoms with E-state index in [1.54, 1.807) is 20.4 Å². The summed E-state index contributed by atoms with van der Waals surface area (Å²) in [6.45, 7) is 0. The molecule has 0 aliphatic heterocycles. The number of nitrogens with zero attached hydrogens (tertiary/aromatic N) is 2. The van der Waals surface area contributed by atoms with Crippen LogP contribution < -0.4 is 9.47 Å². The Labute approximate surface area is 152 Å². The predicted octanol–water partition coefficient (Wildman–Crippen LogP) is 4.56. The van der Waals surface area contributed by atoms with Gasteiger partial charge in [0.05, 0.1) is 20.4 Å². The largest absolute Gasteiger partial charge is 0.497 e. The van der Waals surface area contributed by atoms with Crippen LogP contribution in [0.3, 0.4) is 0 Å². The first kappa shape index (κ1) is 16.1. The Balaban J connectivity index is 1.73. The molecule has 0 amide bonds. The Morgan fingerprint density at radius 3 is 1.92 bits per heavy atom. The van der Waals surface area contributed by atoms with Crippen molar-refractivity contribution in [2.24, 2.45) is 10.2 Å². The zero-order chi connectivity index (χ0) is 17.9. The van der Waals surface area contributed by atoms with E-state index >= 15 is 0 Å². The van der Waals surface area contributed by atoms with Gasteiger partial charge in [0.15, 0.2) is 0 Å². The highest BCUT2D eigenvalue weighted by Gasteiger charge is 2.23. The van der Waals surface area contributed by atoms with Gasteiger partial charge in [0.25, 0.3) is 0 Å². The van der Waals surface area contributed by atoms with Gasteiger partial charge in [0.1, 0.15) is 17.2 Å². The van der Waals surface area contributed by atoms with Crippen LogP contribution in [0.2, 0.25) is 0 Å². The monoisotopic (exact) mass is 342 g/mol. The third-order valence-corrected chi connectivity index (χ3v) is 4.45. The molecule has 4 nitrogen and oxygen atoms in total. The Morgan fingerprint density at radius 1 is 0.731 bits per heavy atom. The molecule has 26 heavy (non-hydrogen) atoms. The van der Waals surface area contributed by atoms with Crippen molar-refractivity contribution < 1.29 is 9.47 Å². The smallest absolute Gasteiger partial charge is 0.131 e. The van der Waals surface area contributed by atoms with Gasteiger partial charge in [0, 0.05) is 22.8 Å². The Morgan fingerprint density at radius 2 is 1.35 bits per heavy atom. The van der Waals surface area contributed by atoms with Gasteiger partial charge in [0.2, 0.25) is 0 Å². The number of ether oxygens (including phenoxy) is 2. The SMILES string of the molecule is COc1ccc(/C=N\N=C2c3ccccc3-c3ccccc32)c(OC)c1. The molecular weight excluding hydrogens is 324 g/mol. The molecule has 0 spiro atoms. The number of hydrogen-bond donors (Lipinski definition) is 0. The van der Waals surface area contributed by atoms with E-state index in [4.69, 9.17) is 9.47 Å². The summed E-state index contributed by atoms with van der Waals surface area (Å²) in [5.74, 6) is 1.43. The van der Waals surface area contributed by atoms with Gasteiger partial charge in [-0.3, -0.25) is 0 Å². The van der Waals surface area contributed by atoms with Crippen molar-refractivity contribution in [3.8, 4) is 22.6 Å². The summed E-state index contributed by atoms with van der Waals surface area (Å²) in [5, 5.41) is 8.85. The number of methoxy groups -OCH3 is 2. The summed E-state index contributed by atoms with van der Waals surface area (Å²) in [7, 11) is 3.25. The highest BCUT2D eigenvalue weighted by molar-refractivity contribution is 6.24. The lowest BCUT2D eigenvalue weighted by Crippen LogP contribution is -1.97. The number of benzene rings is 3. The van der Waals surface area contributed by atoms with E-state index in [0.29, 0.717) is 5.75 Å². The van der Waals surface area contributed by atoms with E-state index in [2.05, 4.69) is 34.5 Å². The van der Waals surface area contributed by atoms with Crippen LogP contribution in [0.25, 0.3) is 11.1 Å². The Bertz CT molecular complexity index is 975. The van der Waals surface area contributed by atoms with Crippen LogP contribution >= 0.6 is 0 Å². The van der Waals surface area contributed by atoms with Crippen molar-refractivity contribution in [1.29, 1.82) is 0 Å². The third-order valence-electron chi connectivity index (χ3n) is 4.45. The molecule has 3 aromatic rings. The van der Waals surface area contributed by atoms with Crippen molar-refractivity contribution in [2.75, 3.05) is 14.2 Å². The molecule has 128 valence electrons. The molecule has 0 radical (unpaired) electrons. The fourth-order valence-corrected chi connectivity index (χ4v) is 3.18. The maximum Gasteiger partial charge on any atom is 0.131 e. The summed E-state index contributed by atoms with van der Waals surface area (Å²) >= 11 is 0. The Hall–Kier alpha value is -3.40. The van der Waals surface area contributed by atoms with Crippen molar-refractivity contribution in [3.63, 3.8) is 0 Å². The van der Waals surface area contributed by atoms with E-state index in [9.17, 15) is 0 Å². The lowest BCUT2D eigenvalue weighted by atomic mass is 10.1. The third kappa shape index (κ3) is 2.75. The second-order valence-corrected chi connectivity index (χ2v) is 5.89. The molecule has 0 aromatic heterocycles. The lowest BCUT2D eigenvalue weighted by Gasteiger charge is -2.06.